The lowest BCUT2D eigenvalue weighted by Gasteiger charge is -2.23. The summed E-state index contributed by atoms with van der Waals surface area (Å²) in [5.74, 6) is -2.74. The third kappa shape index (κ3) is 5.96. The van der Waals surface area contributed by atoms with Crippen LogP contribution in [0.4, 0.5) is 14.5 Å². The average Bonchev–Trinajstić information content (AvgIpc) is 2.91. The van der Waals surface area contributed by atoms with Crippen molar-refractivity contribution < 1.29 is 27.9 Å². The smallest absolute Gasteiger partial charge is 0.263 e. The Kier molecular flexibility index (Phi) is 8.70. The van der Waals surface area contributed by atoms with E-state index >= 15 is 0 Å². The molecule has 2 aromatic rings. The van der Waals surface area contributed by atoms with Crippen molar-refractivity contribution in [2.24, 2.45) is 5.73 Å². The number of benzene rings is 2. The Morgan fingerprint density at radius 3 is 2.59 bits per heavy atom. The zero-order chi connectivity index (χ0) is 24.7. The Hall–Kier alpha value is -3.33. The molecule has 182 valence electrons. The number of anilines is 1. The van der Waals surface area contributed by atoms with Gasteiger partial charge in [-0.3, -0.25) is 19.3 Å². The van der Waals surface area contributed by atoms with E-state index in [9.17, 15) is 23.2 Å². The number of hydrogen-bond acceptors (Lipinski definition) is 5. The molecule has 2 aromatic carbocycles. The van der Waals surface area contributed by atoms with E-state index in [1.165, 1.54) is 17.0 Å². The molecule has 0 saturated heterocycles. The number of nitrogens with two attached hydrogens (primary N) is 1. The van der Waals surface area contributed by atoms with Crippen molar-refractivity contribution in [3.05, 3.63) is 59.2 Å². The number of halogens is 2. The summed E-state index contributed by atoms with van der Waals surface area (Å²) in [5.41, 5.74) is 5.93. The van der Waals surface area contributed by atoms with E-state index in [1.54, 1.807) is 19.1 Å². The minimum absolute atomic E-state index is 0.0849. The summed E-state index contributed by atoms with van der Waals surface area (Å²) in [6.07, 6.45) is 3.21. The van der Waals surface area contributed by atoms with Gasteiger partial charge in [0.1, 0.15) is 23.9 Å². The molecule has 0 spiro atoms. The molecule has 1 heterocycles. The van der Waals surface area contributed by atoms with Crippen molar-refractivity contribution in [1.29, 1.82) is 0 Å². The molecule has 1 aliphatic heterocycles. The van der Waals surface area contributed by atoms with Gasteiger partial charge in [-0.2, -0.15) is 0 Å². The number of carbonyl (C=O) groups is 3. The first-order valence-electron chi connectivity index (χ1n) is 11.4. The molecule has 3 amide bonds. The van der Waals surface area contributed by atoms with E-state index in [1.807, 2.05) is 0 Å². The topological polar surface area (TPSA) is 92.9 Å². The van der Waals surface area contributed by atoms with Gasteiger partial charge in [0.2, 0.25) is 11.8 Å². The number of nitrogens with zero attached hydrogens (tertiary/aromatic N) is 2. The molecule has 0 atom stereocenters. The minimum atomic E-state index is -0.804. The van der Waals surface area contributed by atoms with Crippen LogP contribution in [0.2, 0.25) is 0 Å². The van der Waals surface area contributed by atoms with Crippen LogP contribution < -0.4 is 15.4 Å². The molecule has 0 saturated carbocycles. The van der Waals surface area contributed by atoms with E-state index in [0.717, 1.165) is 36.3 Å². The highest BCUT2D eigenvalue weighted by Crippen LogP contribution is 2.31. The van der Waals surface area contributed by atoms with Gasteiger partial charge in [0.05, 0.1) is 24.4 Å². The second kappa shape index (κ2) is 11.7. The zero-order valence-corrected chi connectivity index (χ0v) is 19.2. The molecular weight excluding hydrogens is 444 g/mol. The predicted octanol–water partition coefficient (Wildman–Crippen LogP) is 3.79. The van der Waals surface area contributed by atoms with Gasteiger partial charge in [-0.25, -0.2) is 8.78 Å². The van der Waals surface area contributed by atoms with Crippen LogP contribution in [0.25, 0.3) is 0 Å². The van der Waals surface area contributed by atoms with Crippen LogP contribution in [0.5, 0.6) is 5.75 Å². The Labute approximate surface area is 197 Å². The number of unbranched alkanes of at least 4 members (excludes halogenated alkanes) is 2. The Bertz CT molecular complexity index is 1060. The molecule has 0 aliphatic carbocycles. The molecule has 2 N–H and O–H groups in total. The fourth-order valence-corrected chi connectivity index (χ4v) is 3.74. The third-order valence-corrected chi connectivity index (χ3v) is 5.55. The quantitative estimate of drug-likeness (QED) is 0.530. The first-order chi connectivity index (χ1) is 16.3. The Morgan fingerprint density at radius 2 is 1.88 bits per heavy atom. The van der Waals surface area contributed by atoms with Crippen LogP contribution in [-0.4, -0.2) is 42.3 Å². The molecule has 0 fully saturated rings. The predicted molar refractivity (Wildman–Crippen MR) is 123 cm³/mol. The second-order valence-electron chi connectivity index (χ2n) is 8.13. The lowest BCUT2D eigenvalue weighted by atomic mass is 10.1. The van der Waals surface area contributed by atoms with Gasteiger partial charge < -0.3 is 15.4 Å². The highest BCUT2D eigenvalue weighted by atomic mass is 19.1. The average molecular weight is 474 g/mol. The van der Waals surface area contributed by atoms with E-state index in [4.69, 9.17) is 10.5 Å². The molecule has 34 heavy (non-hydrogen) atoms. The summed E-state index contributed by atoms with van der Waals surface area (Å²) in [4.78, 5) is 41.2. The Balaban J connectivity index is 1.95. The molecule has 0 radical (unpaired) electrons. The van der Waals surface area contributed by atoms with Crippen LogP contribution in [0, 0.1) is 11.6 Å². The number of carbonyl (C=O) groups excluding carboxylic acids is 3. The number of ether oxygens (including phenoxy) is 1. The van der Waals surface area contributed by atoms with Gasteiger partial charge in [-0.15, -0.1) is 0 Å². The van der Waals surface area contributed by atoms with Gasteiger partial charge in [0, 0.05) is 18.1 Å². The van der Waals surface area contributed by atoms with Crippen molar-refractivity contribution in [3.63, 3.8) is 0 Å². The van der Waals surface area contributed by atoms with Crippen LogP contribution in [-0.2, 0) is 16.1 Å². The first-order valence-corrected chi connectivity index (χ1v) is 11.4. The first kappa shape index (κ1) is 25.3. The number of amides is 3. The van der Waals surface area contributed by atoms with E-state index in [-0.39, 0.29) is 29.8 Å². The summed E-state index contributed by atoms with van der Waals surface area (Å²) in [6.45, 7) is 2.14. The van der Waals surface area contributed by atoms with Crippen molar-refractivity contribution in [1.82, 2.24) is 4.90 Å². The van der Waals surface area contributed by atoms with E-state index < -0.39 is 35.9 Å². The SMILES string of the molecule is CCCC(=O)N1CC(=O)N(Cc2ccc(F)cc2F)c2ccc(OCCCCCN)cc2C1=O. The highest BCUT2D eigenvalue weighted by Gasteiger charge is 2.35. The fourth-order valence-electron chi connectivity index (χ4n) is 3.74. The largest absolute Gasteiger partial charge is 0.494 e. The maximum atomic E-state index is 14.3. The maximum absolute atomic E-state index is 14.3. The van der Waals surface area contributed by atoms with Crippen molar-refractivity contribution >= 4 is 23.4 Å². The Morgan fingerprint density at radius 1 is 1.09 bits per heavy atom. The molecule has 0 aromatic heterocycles. The molecule has 9 heteroatoms. The van der Waals surface area contributed by atoms with E-state index in [0.29, 0.717) is 25.3 Å². The molecule has 3 rings (SSSR count). The standard InChI is InChI=1S/C25H29F2N3O4/c1-2-6-23(31)30-16-24(32)29(15-17-7-8-18(26)13-21(17)27)22-10-9-19(14-20(22)25(30)33)34-12-5-3-4-11-28/h7-10,13-14H,2-6,11-12,15-16,28H2,1H3. The molecule has 7 nitrogen and oxygen atoms in total. The number of rotatable bonds is 10. The number of hydrogen-bond donors (Lipinski definition) is 1. The lowest BCUT2D eigenvalue weighted by molar-refractivity contribution is -0.132. The monoisotopic (exact) mass is 473 g/mol. The van der Waals surface area contributed by atoms with Gasteiger partial charge in [0.15, 0.2) is 0 Å². The zero-order valence-electron chi connectivity index (χ0n) is 19.2. The third-order valence-electron chi connectivity index (χ3n) is 5.55. The fraction of sp³-hybridized carbons (Fsp3) is 0.400. The number of imide groups is 1. The van der Waals surface area contributed by atoms with Crippen LogP contribution in [0.3, 0.4) is 0 Å². The summed E-state index contributed by atoms with van der Waals surface area (Å²) in [5, 5.41) is 0. The molecule has 0 bridgehead atoms. The summed E-state index contributed by atoms with van der Waals surface area (Å²) >= 11 is 0. The minimum Gasteiger partial charge on any atom is -0.494 e. The van der Waals surface area contributed by atoms with Crippen LogP contribution in [0.15, 0.2) is 36.4 Å². The summed E-state index contributed by atoms with van der Waals surface area (Å²) < 4.78 is 33.5. The molecular formula is C25H29F2N3O4. The van der Waals surface area contributed by atoms with E-state index in [2.05, 4.69) is 0 Å². The normalized spacial score (nSPS) is 13.6. The van der Waals surface area contributed by atoms with Gasteiger partial charge >= 0.3 is 0 Å². The maximum Gasteiger partial charge on any atom is 0.263 e. The van der Waals surface area contributed by atoms with Crippen LogP contribution in [0.1, 0.15) is 54.9 Å². The molecule has 1 aliphatic rings. The summed E-state index contributed by atoms with van der Waals surface area (Å²) in [6, 6.07) is 7.77. The van der Waals surface area contributed by atoms with Gasteiger partial charge in [-0.05, 0) is 56.5 Å². The lowest BCUT2D eigenvalue weighted by Crippen LogP contribution is -2.42. The van der Waals surface area contributed by atoms with Crippen LogP contribution >= 0.6 is 0 Å². The van der Waals surface area contributed by atoms with Crippen molar-refractivity contribution in [2.45, 2.75) is 45.6 Å². The van der Waals surface area contributed by atoms with Gasteiger partial charge in [0.25, 0.3) is 5.91 Å². The highest BCUT2D eigenvalue weighted by molar-refractivity contribution is 6.15. The molecule has 0 unspecified atom stereocenters. The number of fused-ring (bicyclic) bond motifs is 1. The summed E-state index contributed by atoms with van der Waals surface area (Å²) in [7, 11) is 0. The second-order valence-corrected chi connectivity index (χ2v) is 8.13. The van der Waals surface area contributed by atoms with Crippen molar-refractivity contribution in [3.8, 4) is 5.75 Å². The van der Waals surface area contributed by atoms with Gasteiger partial charge in [-0.1, -0.05) is 13.0 Å². The van der Waals surface area contributed by atoms with Crippen molar-refractivity contribution in [2.75, 3.05) is 24.6 Å².